The molecule has 0 bridgehead atoms. The number of rotatable bonds is 3. The number of allylic oxidation sites excluding steroid dienone is 2. The van der Waals surface area contributed by atoms with Gasteiger partial charge in [-0.3, -0.25) is 0 Å². The summed E-state index contributed by atoms with van der Waals surface area (Å²) in [6.45, 7) is 2.21. The highest BCUT2D eigenvalue weighted by Gasteiger charge is 2.08. The Balaban J connectivity index is 2.43. The van der Waals surface area contributed by atoms with Gasteiger partial charge in [-0.05, 0) is 12.8 Å². The zero-order valence-electron chi connectivity index (χ0n) is 7.34. The van der Waals surface area contributed by atoms with Crippen molar-refractivity contribution in [3.8, 4) is 0 Å². The van der Waals surface area contributed by atoms with Gasteiger partial charge in [-0.25, -0.2) is 0 Å². The molecule has 0 spiro atoms. The molecule has 1 aliphatic rings. The molecule has 0 heterocycles. The van der Waals surface area contributed by atoms with Gasteiger partial charge in [0, 0.05) is 7.11 Å². The molecule has 1 aliphatic carbocycles. The molecule has 0 fully saturated rings. The molecule has 0 saturated carbocycles. The minimum absolute atomic E-state index is 0.321. The highest BCUT2D eigenvalue weighted by molar-refractivity contribution is 5.20. The van der Waals surface area contributed by atoms with Gasteiger partial charge in [0.2, 0.25) is 0 Å². The van der Waals surface area contributed by atoms with Gasteiger partial charge >= 0.3 is 0 Å². The maximum atomic E-state index is 5.24. The van der Waals surface area contributed by atoms with E-state index < -0.39 is 0 Å². The van der Waals surface area contributed by atoms with E-state index in [1.54, 1.807) is 7.11 Å². The predicted molar refractivity (Wildman–Crippen MR) is 47.5 cm³/mol. The Morgan fingerprint density at radius 3 is 3.09 bits per heavy atom. The maximum Gasteiger partial charge on any atom is 0.0792 e. The zero-order valence-corrected chi connectivity index (χ0v) is 7.34. The van der Waals surface area contributed by atoms with Gasteiger partial charge in [0.15, 0.2) is 0 Å². The Bertz CT molecular complexity index is 168. The molecule has 1 atom stereocenters. The van der Waals surface area contributed by atoms with E-state index in [-0.39, 0.29) is 0 Å². The zero-order chi connectivity index (χ0) is 8.10. The van der Waals surface area contributed by atoms with E-state index in [1.165, 1.54) is 18.4 Å². The van der Waals surface area contributed by atoms with Gasteiger partial charge < -0.3 is 4.74 Å². The van der Waals surface area contributed by atoms with Crippen molar-refractivity contribution in [2.75, 3.05) is 7.11 Å². The molecule has 1 nitrogen and oxygen atoms in total. The Kier molecular flexibility index (Phi) is 3.37. The van der Waals surface area contributed by atoms with E-state index in [1.807, 2.05) is 0 Å². The lowest BCUT2D eigenvalue weighted by Gasteiger charge is -2.16. The molecular formula is C10H16O. The van der Waals surface area contributed by atoms with Crippen molar-refractivity contribution in [1.82, 2.24) is 0 Å². The van der Waals surface area contributed by atoms with E-state index in [9.17, 15) is 0 Å². The lowest BCUT2D eigenvalue weighted by Crippen LogP contribution is -2.10. The Morgan fingerprint density at radius 1 is 1.64 bits per heavy atom. The molecule has 0 amide bonds. The van der Waals surface area contributed by atoms with Gasteiger partial charge in [0.25, 0.3) is 0 Å². The summed E-state index contributed by atoms with van der Waals surface area (Å²) >= 11 is 0. The predicted octanol–water partition coefficient (Wildman–Crippen LogP) is 2.69. The Morgan fingerprint density at radius 2 is 2.45 bits per heavy atom. The average molecular weight is 152 g/mol. The SMILES string of the molecule is CCCC1=CC=CC(OC)C1. The second-order valence-electron chi connectivity index (χ2n) is 2.94. The second-order valence-corrected chi connectivity index (χ2v) is 2.94. The second kappa shape index (κ2) is 4.35. The highest BCUT2D eigenvalue weighted by atomic mass is 16.5. The van der Waals surface area contributed by atoms with Crippen molar-refractivity contribution >= 4 is 0 Å². The largest absolute Gasteiger partial charge is 0.377 e. The molecule has 11 heavy (non-hydrogen) atoms. The van der Waals surface area contributed by atoms with Crippen molar-refractivity contribution in [1.29, 1.82) is 0 Å². The molecular weight excluding hydrogens is 136 g/mol. The third-order valence-electron chi connectivity index (χ3n) is 1.99. The number of hydrogen-bond acceptors (Lipinski definition) is 1. The maximum absolute atomic E-state index is 5.24. The summed E-state index contributed by atoms with van der Waals surface area (Å²) in [5.41, 5.74) is 1.52. The summed E-state index contributed by atoms with van der Waals surface area (Å²) < 4.78 is 5.24. The van der Waals surface area contributed by atoms with Crippen LogP contribution >= 0.6 is 0 Å². The minimum Gasteiger partial charge on any atom is -0.377 e. The van der Waals surface area contributed by atoms with Crippen LogP contribution in [0.1, 0.15) is 26.2 Å². The first-order valence-electron chi connectivity index (χ1n) is 4.26. The fourth-order valence-corrected chi connectivity index (χ4v) is 1.38. The summed E-state index contributed by atoms with van der Waals surface area (Å²) in [6, 6.07) is 0. The number of ether oxygens (including phenoxy) is 1. The molecule has 62 valence electrons. The van der Waals surface area contributed by atoms with Crippen LogP contribution in [0.2, 0.25) is 0 Å². The van der Waals surface area contributed by atoms with Crippen LogP contribution in [0.4, 0.5) is 0 Å². The molecule has 0 aromatic rings. The fourth-order valence-electron chi connectivity index (χ4n) is 1.38. The molecule has 1 rings (SSSR count). The smallest absolute Gasteiger partial charge is 0.0792 e. The van der Waals surface area contributed by atoms with Gasteiger partial charge in [-0.1, -0.05) is 37.1 Å². The van der Waals surface area contributed by atoms with Gasteiger partial charge in [-0.15, -0.1) is 0 Å². The lowest BCUT2D eigenvalue weighted by atomic mass is 9.99. The number of hydrogen-bond donors (Lipinski definition) is 0. The van der Waals surface area contributed by atoms with Crippen LogP contribution in [0.15, 0.2) is 23.8 Å². The normalized spacial score (nSPS) is 23.5. The summed E-state index contributed by atoms with van der Waals surface area (Å²) in [5, 5.41) is 0. The van der Waals surface area contributed by atoms with Crippen LogP contribution < -0.4 is 0 Å². The molecule has 0 N–H and O–H groups in total. The van der Waals surface area contributed by atoms with Crippen molar-refractivity contribution < 1.29 is 4.74 Å². The quantitative estimate of drug-likeness (QED) is 0.604. The van der Waals surface area contributed by atoms with E-state index in [0.717, 1.165) is 6.42 Å². The highest BCUT2D eigenvalue weighted by Crippen LogP contribution is 2.18. The summed E-state index contributed by atoms with van der Waals surface area (Å²) in [7, 11) is 1.77. The van der Waals surface area contributed by atoms with E-state index in [4.69, 9.17) is 4.74 Å². The fraction of sp³-hybridized carbons (Fsp3) is 0.600. The lowest BCUT2D eigenvalue weighted by molar-refractivity contribution is 0.139. The molecule has 0 aliphatic heterocycles. The number of methoxy groups -OCH3 is 1. The first kappa shape index (κ1) is 8.54. The molecule has 0 radical (unpaired) electrons. The average Bonchev–Trinajstić information content (AvgIpc) is 2.06. The topological polar surface area (TPSA) is 9.23 Å². The van der Waals surface area contributed by atoms with E-state index in [2.05, 4.69) is 25.2 Å². The van der Waals surface area contributed by atoms with Crippen LogP contribution in [0.25, 0.3) is 0 Å². The van der Waals surface area contributed by atoms with Gasteiger partial charge in [0.05, 0.1) is 6.10 Å². The van der Waals surface area contributed by atoms with Gasteiger partial charge in [0.1, 0.15) is 0 Å². The van der Waals surface area contributed by atoms with Crippen molar-refractivity contribution in [3.05, 3.63) is 23.8 Å². The molecule has 0 aromatic heterocycles. The van der Waals surface area contributed by atoms with E-state index >= 15 is 0 Å². The van der Waals surface area contributed by atoms with Gasteiger partial charge in [-0.2, -0.15) is 0 Å². The monoisotopic (exact) mass is 152 g/mol. The summed E-state index contributed by atoms with van der Waals surface area (Å²) in [5.74, 6) is 0. The van der Waals surface area contributed by atoms with E-state index in [0.29, 0.717) is 6.10 Å². The third-order valence-corrected chi connectivity index (χ3v) is 1.99. The van der Waals surface area contributed by atoms with Crippen molar-refractivity contribution in [3.63, 3.8) is 0 Å². The minimum atomic E-state index is 0.321. The molecule has 0 saturated heterocycles. The van der Waals surface area contributed by atoms with Crippen LogP contribution in [-0.4, -0.2) is 13.2 Å². The molecule has 1 unspecified atom stereocenters. The first-order valence-corrected chi connectivity index (χ1v) is 4.26. The molecule has 1 heteroatoms. The van der Waals surface area contributed by atoms with Crippen molar-refractivity contribution in [2.24, 2.45) is 0 Å². The van der Waals surface area contributed by atoms with Crippen LogP contribution in [-0.2, 0) is 4.74 Å². The van der Waals surface area contributed by atoms with Crippen LogP contribution in [0.5, 0.6) is 0 Å². The van der Waals surface area contributed by atoms with Crippen molar-refractivity contribution in [2.45, 2.75) is 32.3 Å². The van der Waals surface area contributed by atoms with Crippen LogP contribution in [0.3, 0.4) is 0 Å². The van der Waals surface area contributed by atoms with Crippen LogP contribution in [0, 0.1) is 0 Å². The molecule has 0 aromatic carbocycles. The summed E-state index contributed by atoms with van der Waals surface area (Å²) in [6.07, 6.45) is 10.3. The third kappa shape index (κ3) is 2.51. The Labute approximate surface area is 68.8 Å². The summed E-state index contributed by atoms with van der Waals surface area (Å²) in [4.78, 5) is 0. The Hall–Kier alpha value is -0.560. The standard InChI is InChI=1S/C10H16O/c1-3-5-9-6-4-7-10(8-9)11-2/h4,6-7,10H,3,5,8H2,1-2H3. The first-order chi connectivity index (χ1) is 5.36.